The van der Waals surface area contributed by atoms with E-state index in [9.17, 15) is 0 Å². The molecule has 3 heteroatoms. The molecule has 2 aromatic heterocycles. The fraction of sp³-hybridized carbons (Fsp3) is 0.0250. The average molecular weight is 1050 g/mol. The number of furan rings is 2. The number of anilines is 3. The molecule has 83 heavy (non-hydrogen) atoms. The number of benzene rings is 13. The molecule has 0 N–H and O–H groups in total. The average Bonchev–Trinajstić information content (AvgIpc) is 1.69. The summed E-state index contributed by atoms with van der Waals surface area (Å²) in [5, 5.41) is 4.10. The second-order valence-corrected chi connectivity index (χ2v) is 22.8. The molecule has 0 atom stereocenters. The van der Waals surface area contributed by atoms with E-state index in [2.05, 4.69) is 290 Å². The summed E-state index contributed by atoms with van der Waals surface area (Å²) in [5.41, 5.74) is 30.2. The van der Waals surface area contributed by atoms with Crippen molar-refractivity contribution in [1.29, 1.82) is 0 Å². The predicted octanol–water partition coefficient (Wildman–Crippen LogP) is 21.0. The number of hydrogen-bond acceptors (Lipinski definition) is 3. The van der Waals surface area contributed by atoms with Crippen LogP contribution in [0.5, 0.6) is 0 Å². The van der Waals surface area contributed by atoms with Gasteiger partial charge in [0.1, 0.15) is 16.7 Å². The highest BCUT2D eigenvalue weighted by molar-refractivity contribution is 6.25. The van der Waals surface area contributed by atoms with Crippen LogP contribution in [-0.4, -0.2) is 0 Å². The van der Waals surface area contributed by atoms with Gasteiger partial charge in [-0.2, -0.15) is 0 Å². The van der Waals surface area contributed by atoms with Gasteiger partial charge in [-0.15, -0.1) is 0 Å². The van der Waals surface area contributed by atoms with Crippen molar-refractivity contribution in [3.63, 3.8) is 0 Å². The highest BCUT2D eigenvalue weighted by Gasteiger charge is 2.53. The van der Waals surface area contributed by atoms with Crippen molar-refractivity contribution in [3.05, 3.63) is 330 Å². The van der Waals surface area contributed by atoms with Crippen LogP contribution in [0.25, 0.3) is 111 Å². The van der Waals surface area contributed by atoms with Gasteiger partial charge < -0.3 is 13.7 Å². The Morgan fingerprint density at radius 3 is 1.28 bits per heavy atom. The molecule has 4 aliphatic rings. The van der Waals surface area contributed by atoms with E-state index in [1.807, 2.05) is 0 Å². The minimum atomic E-state index is -0.532. The zero-order valence-corrected chi connectivity index (χ0v) is 44.9. The van der Waals surface area contributed by atoms with Gasteiger partial charge in [0.2, 0.25) is 0 Å². The molecule has 3 nitrogen and oxygen atoms in total. The van der Waals surface area contributed by atoms with Gasteiger partial charge in [0.05, 0.1) is 22.2 Å². The molecule has 4 aliphatic carbocycles. The SMILES string of the molecule is c1ccc(-c2ccccc2N(c2ccc3c(c2)C2(c4ccccc4-c4ccccc42)c2ccccc2-3)c2cccc3c2oc2c(-c4ccc5c(c4)C4(c6ccccc6-c6ccccc64)c4ccccc4-5)c4c(cc23)oc2ccccc24)cc1. The number of fused-ring (bicyclic) bond motifs is 26. The van der Waals surface area contributed by atoms with Crippen LogP contribution in [0.15, 0.2) is 294 Å². The van der Waals surface area contributed by atoms with Crippen molar-refractivity contribution >= 4 is 60.9 Å². The first kappa shape index (κ1) is 45.0. The summed E-state index contributed by atoms with van der Waals surface area (Å²) >= 11 is 0. The number of rotatable bonds is 5. The van der Waals surface area contributed by atoms with Gasteiger partial charge in [0.25, 0.3) is 0 Å². The van der Waals surface area contributed by atoms with E-state index in [0.717, 1.165) is 83.2 Å². The van der Waals surface area contributed by atoms with E-state index >= 15 is 0 Å². The molecule has 15 aromatic rings. The van der Waals surface area contributed by atoms with Crippen molar-refractivity contribution in [1.82, 2.24) is 0 Å². The third-order valence-corrected chi connectivity index (χ3v) is 19.1. The van der Waals surface area contributed by atoms with E-state index in [0.29, 0.717) is 0 Å². The maximum atomic E-state index is 7.82. The molecule has 0 bridgehead atoms. The first-order valence-corrected chi connectivity index (χ1v) is 28.8. The minimum Gasteiger partial charge on any atom is -0.456 e. The Morgan fingerprint density at radius 1 is 0.253 bits per heavy atom. The summed E-state index contributed by atoms with van der Waals surface area (Å²) in [6.45, 7) is 0. The lowest BCUT2D eigenvalue weighted by molar-refractivity contribution is 0.664. The Labute approximate surface area is 479 Å². The first-order valence-electron chi connectivity index (χ1n) is 28.8. The molecular formula is C80H47NO2. The molecule has 2 heterocycles. The fourth-order valence-electron chi connectivity index (χ4n) is 16.0. The maximum Gasteiger partial charge on any atom is 0.159 e. The van der Waals surface area contributed by atoms with Crippen molar-refractivity contribution in [2.45, 2.75) is 10.8 Å². The van der Waals surface area contributed by atoms with Crippen LogP contribution in [-0.2, 0) is 10.8 Å². The molecule has 0 amide bonds. The van der Waals surface area contributed by atoms with Crippen molar-refractivity contribution in [3.8, 4) is 66.8 Å². The number of hydrogen-bond donors (Lipinski definition) is 0. The van der Waals surface area contributed by atoms with Gasteiger partial charge >= 0.3 is 0 Å². The summed E-state index contributed by atoms with van der Waals surface area (Å²) in [4.78, 5) is 2.46. The zero-order chi connectivity index (χ0) is 54.1. The largest absolute Gasteiger partial charge is 0.456 e. The molecule has 13 aromatic carbocycles. The van der Waals surface area contributed by atoms with Gasteiger partial charge in [0, 0.05) is 38.4 Å². The normalized spacial score (nSPS) is 14.0. The molecular weight excluding hydrogens is 1010 g/mol. The fourth-order valence-corrected chi connectivity index (χ4v) is 16.0. The molecule has 0 unspecified atom stereocenters. The first-order chi connectivity index (χ1) is 41.2. The Bertz CT molecular complexity index is 5180. The molecule has 0 radical (unpaired) electrons. The summed E-state index contributed by atoms with van der Waals surface area (Å²) in [7, 11) is 0. The molecule has 2 spiro atoms. The third-order valence-electron chi connectivity index (χ3n) is 19.1. The third kappa shape index (κ3) is 5.68. The lowest BCUT2D eigenvalue weighted by Gasteiger charge is -2.32. The van der Waals surface area contributed by atoms with E-state index in [4.69, 9.17) is 8.83 Å². The van der Waals surface area contributed by atoms with Crippen LogP contribution >= 0.6 is 0 Å². The van der Waals surface area contributed by atoms with Crippen LogP contribution in [0.3, 0.4) is 0 Å². The van der Waals surface area contributed by atoms with Gasteiger partial charge in [0.15, 0.2) is 5.58 Å². The van der Waals surface area contributed by atoms with E-state index in [1.165, 1.54) is 89.0 Å². The monoisotopic (exact) mass is 1050 g/mol. The standard InChI is InChI=1S/C80H47NO2/c1-2-21-48(22-3-1)51-23-10-18-38-71(51)81(50-42-44-59-57-29-9-17-37-68(57)80(70(59)46-50)65-34-14-6-26-54(65)55-27-7-15-35-66(55)80)72-39-20-31-60-62-47-74-76(61-30-11-19-40-73(61)82-74)75(78(62)83-77(60)72)49-41-43-58-56-28-8-16-36-67(56)79(69(58)45-49)63-32-12-4-24-52(63)53-25-5-13-33-64(53)79/h1-47H. The molecule has 0 fully saturated rings. The Morgan fingerprint density at radius 2 is 0.699 bits per heavy atom. The lowest BCUT2D eigenvalue weighted by Crippen LogP contribution is -2.26. The highest BCUT2D eigenvalue weighted by atomic mass is 16.3. The summed E-state index contributed by atoms with van der Waals surface area (Å²) in [6.07, 6.45) is 0. The second-order valence-electron chi connectivity index (χ2n) is 22.8. The highest BCUT2D eigenvalue weighted by Crippen LogP contribution is 2.66. The topological polar surface area (TPSA) is 29.5 Å². The quantitative estimate of drug-likeness (QED) is 0.172. The predicted molar refractivity (Wildman–Crippen MR) is 339 cm³/mol. The smallest absolute Gasteiger partial charge is 0.159 e. The van der Waals surface area contributed by atoms with Crippen LogP contribution in [0.2, 0.25) is 0 Å². The van der Waals surface area contributed by atoms with Crippen LogP contribution < -0.4 is 4.90 Å². The van der Waals surface area contributed by atoms with Crippen molar-refractivity contribution < 1.29 is 8.83 Å². The minimum absolute atomic E-state index is 0.521. The van der Waals surface area contributed by atoms with E-state index in [-0.39, 0.29) is 0 Å². The molecule has 0 saturated heterocycles. The molecule has 19 rings (SSSR count). The summed E-state index contributed by atoms with van der Waals surface area (Å²) < 4.78 is 14.8. The van der Waals surface area contributed by atoms with Crippen LogP contribution in [0.4, 0.5) is 17.1 Å². The van der Waals surface area contributed by atoms with Crippen LogP contribution in [0, 0.1) is 0 Å². The van der Waals surface area contributed by atoms with Gasteiger partial charge in [-0.1, -0.05) is 243 Å². The maximum absolute atomic E-state index is 7.82. The van der Waals surface area contributed by atoms with Crippen LogP contribution in [0.1, 0.15) is 44.5 Å². The van der Waals surface area contributed by atoms with Gasteiger partial charge in [-0.25, -0.2) is 0 Å². The number of para-hydroxylation sites is 3. The molecule has 384 valence electrons. The Balaban J connectivity index is 0.895. The van der Waals surface area contributed by atoms with Crippen molar-refractivity contribution in [2.75, 3.05) is 4.90 Å². The lowest BCUT2D eigenvalue weighted by atomic mass is 9.70. The number of nitrogens with zero attached hydrogens (tertiary/aromatic N) is 1. The molecule has 0 saturated carbocycles. The molecule has 0 aliphatic heterocycles. The van der Waals surface area contributed by atoms with E-state index in [1.54, 1.807) is 0 Å². The van der Waals surface area contributed by atoms with Crippen molar-refractivity contribution in [2.24, 2.45) is 0 Å². The summed E-state index contributed by atoms with van der Waals surface area (Å²) in [5.74, 6) is 0. The van der Waals surface area contributed by atoms with Gasteiger partial charge in [-0.05, 0) is 143 Å². The zero-order valence-electron chi connectivity index (χ0n) is 44.9. The van der Waals surface area contributed by atoms with Gasteiger partial charge in [-0.3, -0.25) is 0 Å². The van der Waals surface area contributed by atoms with E-state index < -0.39 is 10.8 Å². The second kappa shape index (κ2) is 16.4. The Kier molecular flexibility index (Phi) is 8.92. The summed E-state index contributed by atoms with van der Waals surface area (Å²) in [6, 6.07) is 106. The Hall–Kier alpha value is -10.7.